The van der Waals surface area contributed by atoms with E-state index in [2.05, 4.69) is 5.10 Å². The van der Waals surface area contributed by atoms with E-state index in [0.717, 1.165) is 18.2 Å². The Bertz CT molecular complexity index is 789. The van der Waals surface area contributed by atoms with Gasteiger partial charge in [-0.15, -0.1) is 0 Å². The van der Waals surface area contributed by atoms with Crippen LogP contribution in [-0.2, 0) is 6.18 Å². The summed E-state index contributed by atoms with van der Waals surface area (Å²) in [7, 11) is 0. The van der Waals surface area contributed by atoms with E-state index in [-0.39, 0.29) is 10.6 Å². The first-order valence-corrected chi connectivity index (χ1v) is 6.75. The number of phenols is 1. The second-order valence-electron chi connectivity index (χ2n) is 4.56. The summed E-state index contributed by atoms with van der Waals surface area (Å²) in [5.74, 6) is -2.12. The Morgan fingerprint density at radius 2 is 1.79 bits per heavy atom. The van der Waals surface area contributed by atoms with Crippen molar-refractivity contribution < 1.29 is 27.5 Å². The zero-order valence-corrected chi connectivity index (χ0v) is 12.5. The Balaban J connectivity index is 2.24. The van der Waals surface area contributed by atoms with E-state index in [0.29, 0.717) is 12.3 Å². The summed E-state index contributed by atoms with van der Waals surface area (Å²) < 4.78 is 51.5. The maximum absolute atomic E-state index is 12.9. The van der Waals surface area contributed by atoms with Gasteiger partial charge in [0.15, 0.2) is 0 Å². The van der Waals surface area contributed by atoms with Crippen LogP contribution in [0.1, 0.15) is 21.5 Å². The van der Waals surface area contributed by atoms with Crippen LogP contribution >= 0.6 is 11.6 Å². The number of hydrogen-bond donors (Lipinski definition) is 2. The van der Waals surface area contributed by atoms with Crippen molar-refractivity contribution in [3.63, 3.8) is 0 Å². The van der Waals surface area contributed by atoms with Crippen LogP contribution < -0.4 is 5.43 Å². The molecule has 0 saturated carbocycles. The molecule has 0 aromatic heterocycles. The van der Waals surface area contributed by atoms with Crippen LogP contribution in [0.5, 0.6) is 5.75 Å². The van der Waals surface area contributed by atoms with Gasteiger partial charge in [0, 0.05) is 5.56 Å². The summed E-state index contributed by atoms with van der Waals surface area (Å²) >= 11 is 5.59. The molecule has 0 saturated heterocycles. The molecule has 0 atom stereocenters. The molecule has 9 heteroatoms. The zero-order valence-electron chi connectivity index (χ0n) is 11.7. The molecule has 24 heavy (non-hydrogen) atoms. The SMILES string of the molecule is O=C(N/N=C/c1c(C(F)(F)F)ccc(Cl)c1O)c1ccc(F)cc1. The summed E-state index contributed by atoms with van der Waals surface area (Å²) in [6.07, 6.45) is -4.12. The van der Waals surface area contributed by atoms with E-state index >= 15 is 0 Å². The van der Waals surface area contributed by atoms with Crippen LogP contribution in [0.4, 0.5) is 17.6 Å². The molecule has 126 valence electrons. The number of hydrogen-bond acceptors (Lipinski definition) is 3. The highest BCUT2D eigenvalue weighted by Crippen LogP contribution is 2.38. The summed E-state index contributed by atoms with van der Waals surface area (Å²) in [4.78, 5) is 11.7. The summed E-state index contributed by atoms with van der Waals surface area (Å²) in [5.41, 5.74) is 0.186. The van der Waals surface area contributed by atoms with Crippen molar-refractivity contribution in [2.24, 2.45) is 5.10 Å². The number of alkyl halides is 3. The Hall–Kier alpha value is -2.61. The molecule has 0 fully saturated rings. The molecule has 0 heterocycles. The lowest BCUT2D eigenvalue weighted by atomic mass is 10.1. The zero-order chi connectivity index (χ0) is 17.9. The average molecular weight is 361 g/mol. The van der Waals surface area contributed by atoms with Gasteiger partial charge in [0.25, 0.3) is 5.91 Å². The number of amides is 1. The number of nitrogens with zero attached hydrogens (tertiary/aromatic N) is 1. The number of carbonyl (C=O) groups is 1. The van der Waals surface area contributed by atoms with E-state index in [4.69, 9.17) is 11.6 Å². The van der Waals surface area contributed by atoms with E-state index in [1.165, 1.54) is 12.1 Å². The molecule has 4 nitrogen and oxygen atoms in total. The highest BCUT2D eigenvalue weighted by molar-refractivity contribution is 6.32. The molecule has 2 N–H and O–H groups in total. The third-order valence-electron chi connectivity index (χ3n) is 2.94. The monoisotopic (exact) mass is 360 g/mol. The molecule has 0 unspecified atom stereocenters. The molecule has 1 amide bonds. The fourth-order valence-corrected chi connectivity index (χ4v) is 1.95. The second kappa shape index (κ2) is 6.88. The lowest BCUT2D eigenvalue weighted by molar-refractivity contribution is -0.137. The largest absolute Gasteiger partial charge is 0.506 e. The molecular formula is C15H9ClF4N2O2. The quantitative estimate of drug-likeness (QED) is 0.494. The topological polar surface area (TPSA) is 61.7 Å². The summed E-state index contributed by atoms with van der Waals surface area (Å²) in [6.45, 7) is 0. The van der Waals surface area contributed by atoms with Crippen molar-refractivity contribution in [2.75, 3.05) is 0 Å². The number of nitrogens with one attached hydrogen (secondary N) is 1. The van der Waals surface area contributed by atoms with Gasteiger partial charge in [-0.2, -0.15) is 18.3 Å². The predicted octanol–water partition coefficient (Wildman–Crippen LogP) is 3.97. The molecule has 0 bridgehead atoms. The third kappa shape index (κ3) is 4.02. The number of phenolic OH excluding ortho intramolecular Hbond substituents is 1. The number of carbonyl (C=O) groups excluding carboxylic acids is 1. The Morgan fingerprint density at radius 3 is 2.38 bits per heavy atom. The first-order chi connectivity index (χ1) is 11.2. The minimum Gasteiger partial charge on any atom is -0.506 e. The van der Waals surface area contributed by atoms with Gasteiger partial charge in [-0.1, -0.05) is 11.6 Å². The van der Waals surface area contributed by atoms with Crippen LogP contribution in [0.15, 0.2) is 41.5 Å². The molecule has 0 aliphatic carbocycles. The van der Waals surface area contributed by atoms with Crippen molar-refractivity contribution >= 4 is 23.7 Å². The maximum Gasteiger partial charge on any atom is 0.417 e. The Labute approximate surface area is 138 Å². The number of aromatic hydroxyl groups is 1. The molecule has 2 aromatic carbocycles. The van der Waals surface area contributed by atoms with Gasteiger partial charge >= 0.3 is 6.18 Å². The van der Waals surface area contributed by atoms with Crippen molar-refractivity contribution in [3.05, 3.63) is 63.9 Å². The van der Waals surface area contributed by atoms with E-state index < -0.39 is 34.8 Å². The molecule has 2 rings (SSSR count). The highest BCUT2D eigenvalue weighted by atomic mass is 35.5. The number of rotatable bonds is 3. The van der Waals surface area contributed by atoms with Gasteiger partial charge in [-0.05, 0) is 36.4 Å². The fourth-order valence-electron chi connectivity index (χ4n) is 1.78. The van der Waals surface area contributed by atoms with Gasteiger partial charge in [0.1, 0.15) is 11.6 Å². The minimum absolute atomic E-state index is 0.0555. The summed E-state index contributed by atoms with van der Waals surface area (Å²) in [5, 5.41) is 12.8. The molecular weight excluding hydrogens is 352 g/mol. The normalized spacial score (nSPS) is 11.7. The Morgan fingerprint density at radius 1 is 1.17 bits per heavy atom. The first-order valence-electron chi connectivity index (χ1n) is 6.38. The number of benzene rings is 2. The lowest BCUT2D eigenvalue weighted by Gasteiger charge is -2.12. The minimum atomic E-state index is -4.75. The van der Waals surface area contributed by atoms with Crippen molar-refractivity contribution in [1.82, 2.24) is 5.43 Å². The average Bonchev–Trinajstić information content (AvgIpc) is 2.50. The van der Waals surface area contributed by atoms with Gasteiger partial charge < -0.3 is 5.11 Å². The van der Waals surface area contributed by atoms with Crippen molar-refractivity contribution in [3.8, 4) is 5.75 Å². The number of halogens is 5. The molecule has 0 spiro atoms. The van der Waals surface area contributed by atoms with Gasteiger partial charge in [0.05, 0.1) is 22.4 Å². The number of hydrazone groups is 1. The molecule has 0 aliphatic heterocycles. The van der Waals surface area contributed by atoms with Crippen LogP contribution in [0.3, 0.4) is 0 Å². The van der Waals surface area contributed by atoms with Crippen LogP contribution in [0.25, 0.3) is 0 Å². The van der Waals surface area contributed by atoms with Gasteiger partial charge in [-0.3, -0.25) is 4.79 Å². The van der Waals surface area contributed by atoms with Crippen molar-refractivity contribution in [2.45, 2.75) is 6.18 Å². The second-order valence-corrected chi connectivity index (χ2v) is 4.97. The van der Waals surface area contributed by atoms with E-state index in [1.807, 2.05) is 5.43 Å². The third-order valence-corrected chi connectivity index (χ3v) is 3.24. The van der Waals surface area contributed by atoms with Gasteiger partial charge in [0.2, 0.25) is 0 Å². The van der Waals surface area contributed by atoms with Crippen LogP contribution in [0, 0.1) is 5.82 Å². The fraction of sp³-hybridized carbons (Fsp3) is 0.0667. The molecule has 0 aliphatic rings. The highest BCUT2D eigenvalue weighted by Gasteiger charge is 2.34. The standard InChI is InChI=1S/C15H9ClF4N2O2/c16-12-6-5-11(15(18,19)20)10(13(12)23)7-21-22-14(24)8-1-3-9(17)4-2-8/h1-7,23H,(H,22,24)/b21-7+. The smallest absolute Gasteiger partial charge is 0.417 e. The molecule has 2 aromatic rings. The van der Waals surface area contributed by atoms with Crippen molar-refractivity contribution in [1.29, 1.82) is 0 Å². The van der Waals surface area contributed by atoms with Crippen LogP contribution in [-0.4, -0.2) is 17.2 Å². The lowest BCUT2D eigenvalue weighted by Crippen LogP contribution is -2.18. The van der Waals surface area contributed by atoms with E-state index in [1.54, 1.807) is 0 Å². The predicted molar refractivity (Wildman–Crippen MR) is 79.6 cm³/mol. The first kappa shape index (κ1) is 17.7. The van der Waals surface area contributed by atoms with Crippen LogP contribution in [0.2, 0.25) is 5.02 Å². The molecule has 0 radical (unpaired) electrons. The maximum atomic E-state index is 12.9. The van der Waals surface area contributed by atoms with Gasteiger partial charge in [-0.25, -0.2) is 9.82 Å². The Kier molecular flexibility index (Phi) is 5.08. The summed E-state index contributed by atoms with van der Waals surface area (Å²) in [6, 6.07) is 6.03. The van der Waals surface area contributed by atoms with E-state index in [9.17, 15) is 27.5 Å².